The van der Waals surface area contributed by atoms with Crippen molar-refractivity contribution >= 4 is 11.6 Å². The minimum atomic E-state index is 0.673. The van der Waals surface area contributed by atoms with Gasteiger partial charge in [-0.25, -0.2) is 9.50 Å². The second-order valence-electron chi connectivity index (χ2n) is 4.02. The van der Waals surface area contributed by atoms with E-state index in [1.807, 2.05) is 36.9 Å². The molecule has 1 N–H and O–H groups in total. The maximum Gasteiger partial charge on any atom is 0.243 e. The Morgan fingerprint density at radius 2 is 2.22 bits per heavy atom. The number of rotatable bonds is 5. The summed E-state index contributed by atoms with van der Waals surface area (Å²) >= 11 is 0. The van der Waals surface area contributed by atoms with E-state index < -0.39 is 0 Å². The average Bonchev–Trinajstić information content (AvgIpc) is 3.03. The topological polar surface area (TPSA) is 60.0 Å². The summed E-state index contributed by atoms with van der Waals surface area (Å²) in [6.07, 6.45) is 8.47. The van der Waals surface area contributed by atoms with Crippen LogP contribution in [0.5, 0.6) is 0 Å². The SMILES string of the molecule is c1ccn2nc(NCCCn3ccnc3)nc2c1. The summed E-state index contributed by atoms with van der Waals surface area (Å²) in [4.78, 5) is 8.37. The Hall–Kier alpha value is -2.37. The molecule has 6 heteroatoms. The van der Waals surface area contributed by atoms with Gasteiger partial charge >= 0.3 is 0 Å². The molecule has 6 nitrogen and oxygen atoms in total. The zero-order valence-corrected chi connectivity index (χ0v) is 9.90. The second-order valence-corrected chi connectivity index (χ2v) is 4.02. The highest BCUT2D eigenvalue weighted by atomic mass is 15.3. The molecule has 0 radical (unpaired) electrons. The Labute approximate surface area is 104 Å². The van der Waals surface area contributed by atoms with Crippen molar-refractivity contribution in [3.8, 4) is 0 Å². The number of hydrogen-bond acceptors (Lipinski definition) is 4. The molecule has 0 aliphatic heterocycles. The van der Waals surface area contributed by atoms with E-state index in [2.05, 4.69) is 25.0 Å². The van der Waals surface area contributed by atoms with E-state index in [9.17, 15) is 0 Å². The average molecular weight is 242 g/mol. The molecule has 0 aromatic carbocycles. The molecular weight excluding hydrogens is 228 g/mol. The lowest BCUT2D eigenvalue weighted by Gasteiger charge is -2.02. The summed E-state index contributed by atoms with van der Waals surface area (Å²) in [5.41, 5.74) is 0.856. The van der Waals surface area contributed by atoms with Crippen LogP contribution in [0.15, 0.2) is 43.1 Å². The molecule has 0 spiro atoms. The molecule has 0 saturated carbocycles. The maximum atomic E-state index is 4.37. The van der Waals surface area contributed by atoms with Gasteiger partial charge in [-0.3, -0.25) is 0 Å². The summed E-state index contributed by atoms with van der Waals surface area (Å²) in [5.74, 6) is 0.673. The number of fused-ring (bicyclic) bond motifs is 1. The minimum Gasteiger partial charge on any atom is -0.353 e. The van der Waals surface area contributed by atoms with Crippen molar-refractivity contribution in [3.63, 3.8) is 0 Å². The normalized spacial score (nSPS) is 10.9. The number of imidazole rings is 1. The number of anilines is 1. The van der Waals surface area contributed by atoms with Gasteiger partial charge in [0.15, 0.2) is 5.65 Å². The van der Waals surface area contributed by atoms with Gasteiger partial charge in [0.1, 0.15) is 0 Å². The van der Waals surface area contributed by atoms with Crippen LogP contribution in [0, 0.1) is 0 Å². The van der Waals surface area contributed by atoms with Crippen molar-refractivity contribution in [2.45, 2.75) is 13.0 Å². The molecule has 3 heterocycles. The fourth-order valence-electron chi connectivity index (χ4n) is 1.79. The predicted octanol–water partition coefficient (Wildman–Crippen LogP) is 1.43. The largest absolute Gasteiger partial charge is 0.353 e. The number of pyridine rings is 1. The van der Waals surface area contributed by atoms with Gasteiger partial charge in [0.2, 0.25) is 5.95 Å². The van der Waals surface area contributed by atoms with Gasteiger partial charge in [-0.15, -0.1) is 5.10 Å². The van der Waals surface area contributed by atoms with Crippen LogP contribution in [0.2, 0.25) is 0 Å². The summed E-state index contributed by atoms with van der Waals surface area (Å²) in [6, 6.07) is 5.82. The number of aryl methyl sites for hydroxylation is 1. The Kier molecular flexibility index (Phi) is 2.91. The third-order valence-corrected chi connectivity index (χ3v) is 2.68. The highest BCUT2D eigenvalue weighted by molar-refractivity contribution is 5.42. The number of hydrogen-bond donors (Lipinski definition) is 1. The zero-order valence-electron chi connectivity index (χ0n) is 9.90. The fraction of sp³-hybridized carbons (Fsp3) is 0.250. The molecule has 0 saturated heterocycles. The highest BCUT2D eigenvalue weighted by Crippen LogP contribution is 2.04. The second kappa shape index (κ2) is 4.87. The lowest BCUT2D eigenvalue weighted by Crippen LogP contribution is -2.06. The van der Waals surface area contributed by atoms with Crippen LogP contribution in [0.3, 0.4) is 0 Å². The van der Waals surface area contributed by atoms with Crippen LogP contribution in [-0.4, -0.2) is 30.7 Å². The van der Waals surface area contributed by atoms with E-state index >= 15 is 0 Å². The Morgan fingerprint density at radius 1 is 1.22 bits per heavy atom. The van der Waals surface area contributed by atoms with Gasteiger partial charge in [0.25, 0.3) is 0 Å². The van der Waals surface area contributed by atoms with Gasteiger partial charge in [-0.05, 0) is 18.6 Å². The first-order chi connectivity index (χ1) is 8.92. The van der Waals surface area contributed by atoms with Crippen molar-refractivity contribution in [1.82, 2.24) is 24.1 Å². The molecule has 0 atom stereocenters. The van der Waals surface area contributed by atoms with Crippen molar-refractivity contribution in [2.24, 2.45) is 0 Å². The van der Waals surface area contributed by atoms with Crippen molar-refractivity contribution in [1.29, 1.82) is 0 Å². The molecule has 3 aromatic heterocycles. The van der Waals surface area contributed by atoms with Crippen LogP contribution in [0.4, 0.5) is 5.95 Å². The first kappa shape index (κ1) is 10.8. The molecule has 3 aromatic rings. The van der Waals surface area contributed by atoms with E-state index in [1.165, 1.54) is 0 Å². The molecule has 0 fully saturated rings. The molecule has 92 valence electrons. The van der Waals surface area contributed by atoms with Gasteiger partial charge in [-0.2, -0.15) is 4.98 Å². The summed E-state index contributed by atoms with van der Waals surface area (Å²) in [5, 5.41) is 7.54. The van der Waals surface area contributed by atoms with Crippen molar-refractivity contribution in [2.75, 3.05) is 11.9 Å². The van der Waals surface area contributed by atoms with Crippen molar-refractivity contribution < 1.29 is 0 Å². The Balaban J connectivity index is 1.53. The zero-order chi connectivity index (χ0) is 12.2. The molecule has 3 rings (SSSR count). The summed E-state index contributed by atoms with van der Waals surface area (Å²) < 4.78 is 3.82. The molecule has 0 bridgehead atoms. The summed E-state index contributed by atoms with van der Waals surface area (Å²) in [7, 11) is 0. The van der Waals surface area contributed by atoms with E-state index in [0.717, 1.165) is 25.2 Å². The third kappa shape index (κ3) is 2.32. The lowest BCUT2D eigenvalue weighted by atomic mass is 10.4. The van der Waals surface area contributed by atoms with E-state index in [0.29, 0.717) is 5.95 Å². The molecule has 18 heavy (non-hydrogen) atoms. The van der Waals surface area contributed by atoms with Crippen LogP contribution in [0.1, 0.15) is 6.42 Å². The summed E-state index contributed by atoms with van der Waals surface area (Å²) in [6.45, 7) is 1.79. The minimum absolute atomic E-state index is 0.673. The first-order valence-corrected chi connectivity index (χ1v) is 5.93. The van der Waals surface area contributed by atoms with Crippen molar-refractivity contribution in [3.05, 3.63) is 43.1 Å². The molecule has 0 aliphatic carbocycles. The Bertz CT molecular complexity index is 579. The standard InChI is InChI=1S/C12H14N6/c1-2-8-18-11(4-1)15-12(16-18)14-5-3-7-17-9-6-13-10-17/h1-2,4,6,8-10H,3,5,7H2,(H,14,16). The van der Waals surface area contributed by atoms with Gasteiger partial charge in [0.05, 0.1) is 6.33 Å². The maximum absolute atomic E-state index is 4.37. The van der Waals surface area contributed by atoms with Crippen LogP contribution < -0.4 is 5.32 Å². The highest BCUT2D eigenvalue weighted by Gasteiger charge is 2.00. The van der Waals surface area contributed by atoms with E-state index in [-0.39, 0.29) is 0 Å². The van der Waals surface area contributed by atoms with Gasteiger partial charge in [-0.1, -0.05) is 6.07 Å². The van der Waals surface area contributed by atoms with Crippen LogP contribution >= 0.6 is 0 Å². The van der Waals surface area contributed by atoms with E-state index in [1.54, 1.807) is 10.7 Å². The van der Waals surface area contributed by atoms with Gasteiger partial charge in [0, 0.05) is 31.7 Å². The van der Waals surface area contributed by atoms with E-state index in [4.69, 9.17) is 0 Å². The molecular formula is C12H14N6. The molecule has 0 amide bonds. The van der Waals surface area contributed by atoms with Crippen LogP contribution in [-0.2, 0) is 6.54 Å². The number of nitrogens with zero attached hydrogens (tertiary/aromatic N) is 5. The van der Waals surface area contributed by atoms with Crippen LogP contribution in [0.25, 0.3) is 5.65 Å². The molecule has 0 unspecified atom stereocenters. The predicted molar refractivity (Wildman–Crippen MR) is 68.3 cm³/mol. The number of nitrogens with one attached hydrogen (secondary N) is 1. The molecule has 0 aliphatic rings. The van der Waals surface area contributed by atoms with Gasteiger partial charge < -0.3 is 9.88 Å². The lowest BCUT2D eigenvalue weighted by molar-refractivity contribution is 0.659. The quantitative estimate of drug-likeness (QED) is 0.687. The number of aromatic nitrogens is 5. The monoisotopic (exact) mass is 242 g/mol. The smallest absolute Gasteiger partial charge is 0.243 e. The first-order valence-electron chi connectivity index (χ1n) is 5.93. The third-order valence-electron chi connectivity index (χ3n) is 2.68. The Morgan fingerprint density at radius 3 is 3.06 bits per heavy atom. The fourth-order valence-corrected chi connectivity index (χ4v) is 1.79.